The maximum Gasteiger partial charge on any atom is 0.280 e. The van der Waals surface area contributed by atoms with Crippen LogP contribution in [0.2, 0.25) is 0 Å². The van der Waals surface area contributed by atoms with Crippen LogP contribution < -0.4 is 10.9 Å². The standard InChI is InChI=1S/C23H26N4O2/c1-26(2)16-10-15-24-22(28)20-19(17-11-6-4-7-12-17)21(25-27(3)23(20)29)18-13-8-5-9-14-18/h4-9,11-14H,10,15-16H2,1-3H3,(H,24,28). The predicted molar refractivity (Wildman–Crippen MR) is 116 cm³/mol. The van der Waals surface area contributed by atoms with Gasteiger partial charge in [0.1, 0.15) is 5.56 Å². The summed E-state index contributed by atoms with van der Waals surface area (Å²) in [7, 11) is 5.55. The molecule has 0 spiro atoms. The Morgan fingerprint density at radius 3 is 2.17 bits per heavy atom. The average molecular weight is 390 g/mol. The normalized spacial score (nSPS) is 10.9. The quantitative estimate of drug-likeness (QED) is 0.630. The fourth-order valence-electron chi connectivity index (χ4n) is 3.21. The molecule has 1 amide bonds. The average Bonchev–Trinajstić information content (AvgIpc) is 2.73. The number of rotatable bonds is 7. The summed E-state index contributed by atoms with van der Waals surface area (Å²) in [6, 6.07) is 19.1. The summed E-state index contributed by atoms with van der Waals surface area (Å²) in [6.07, 6.45) is 0.802. The van der Waals surface area contributed by atoms with E-state index in [2.05, 4.69) is 15.3 Å². The lowest BCUT2D eigenvalue weighted by Gasteiger charge is -2.16. The summed E-state index contributed by atoms with van der Waals surface area (Å²) >= 11 is 0. The topological polar surface area (TPSA) is 67.2 Å². The molecule has 0 bridgehead atoms. The summed E-state index contributed by atoms with van der Waals surface area (Å²) < 4.78 is 1.24. The fraction of sp³-hybridized carbons (Fsp3) is 0.261. The molecule has 0 radical (unpaired) electrons. The van der Waals surface area contributed by atoms with E-state index in [0.717, 1.165) is 24.1 Å². The van der Waals surface area contributed by atoms with E-state index in [1.54, 1.807) is 7.05 Å². The van der Waals surface area contributed by atoms with Gasteiger partial charge in [-0.2, -0.15) is 5.10 Å². The van der Waals surface area contributed by atoms with Gasteiger partial charge in [-0.3, -0.25) is 9.59 Å². The van der Waals surface area contributed by atoms with Crippen LogP contribution >= 0.6 is 0 Å². The lowest BCUT2D eigenvalue weighted by Crippen LogP contribution is -2.35. The van der Waals surface area contributed by atoms with Gasteiger partial charge in [-0.1, -0.05) is 60.7 Å². The zero-order valence-corrected chi connectivity index (χ0v) is 17.1. The first-order valence-electron chi connectivity index (χ1n) is 9.64. The minimum atomic E-state index is -0.409. The molecule has 0 atom stereocenters. The monoisotopic (exact) mass is 390 g/mol. The predicted octanol–water partition coefficient (Wildman–Crippen LogP) is 2.80. The zero-order valence-electron chi connectivity index (χ0n) is 17.1. The number of aromatic nitrogens is 2. The Kier molecular flexibility index (Phi) is 6.57. The van der Waals surface area contributed by atoms with E-state index in [1.807, 2.05) is 74.8 Å². The summed E-state index contributed by atoms with van der Waals surface area (Å²) in [5.41, 5.74) is 2.52. The number of amides is 1. The molecule has 0 aliphatic heterocycles. The SMILES string of the molecule is CN(C)CCCNC(=O)c1c(-c2ccccc2)c(-c2ccccc2)nn(C)c1=O. The number of benzene rings is 2. The molecular weight excluding hydrogens is 364 g/mol. The van der Waals surface area contributed by atoms with Crippen molar-refractivity contribution < 1.29 is 4.79 Å². The Balaban J connectivity index is 2.12. The van der Waals surface area contributed by atoms with Gasteiger partial charge in [0.05, 0.1) is 5.69 Å². The summed E-state index contributed by atoms with van der Waals surface area (Å²) in [5, 5.41) is 7.40. The third-order valence-corrected chi connectivity index (χ3v) is 4.65. The van der Waals surface area contributed by atoms with Gasteiger partial charge in [0, 0.05) is 24.7 Å². The van der Waals surface area contributed by atoms with Crippen molar-refractivity contribution in [1.29, 1.82) is 0 Å². The molecule has 0 fully saturated rings. The highest BCUT2D eigenvalue weighted by molar-refractivity contribution is 6.03. The van der Waals surface area contributed by atoms with Crippen LogP contribution in [0.1, 0.15) is 16.8 Å². The van der Waals surface area contributed by atoms with Crippen molar-refractivity contribution in [2.75, 3.05) is 27.2 Å². The fourth-order valence-corrected chi connectivity index (χ4v) is 3.21. The third-order valence-electron chi connectivity index (χ3n) is 4.65. The van der Waals surface area contributed by atoms with Gasteiger partial charge in [-0.15, -0.1) is 0 Å². The van der Waals surface area contributed by atoms with E-state index in [9.17, 15) is 9.59 Å². The van der Waals surface area contributed by atoms with Crippen LogP contribution in [0.3, 0.4) is 0 Å². The highest BCUT2D eigenvalue weighted by Crippen LogP contribution is 2.31. The van der Waals surface area contributed by atoms with Crippen LogP contribution in [-0.4, -0.2) is 47.8 Å². The molecule has 2 aromatic carbocycles. The molecular formula is C23H26N4O2. The van der Waals surface area contributed by atoms with Gasteiger partial charge in [0.15, 0.2) is 0 Å². The minimum absolute atomic E-state index is 0.123. The van der Waals surface area contributed by atoms with E-state index < -0.39 is 5.56 Å². The van der Waals surface area contributed by atoms with Gasteiger partial charge in [0.2, 0.25) is 0 Å². The molecule has 6 heteroatoms. The molecule has 150 valence electrons. The number of aryl methyl sites for hydroxylation is 1. The molecule has 3 rings (SSSR count). The highest BCUT2D eigenvalue weighted by Gasteiger charge is 2.24. The van der Waals surface area contributed by atoms with Crippen molar-refractivity contribution in [2.45, 2.75) is 6.42 Å². The molecule has 1 heterocycles. The van der Waals surface area contributed by atoms with Crippen LogP contribution in [-0.2, 0) is 7.05 Å². The molecule has 0 unspecified atom stereocenters. The van der Waals surface area contributed by atoms with Gasteiger partial charge < -0.3 is 10.2 Å². The van der Waals surface area contributed by atoms with Gasteiger partial charge in [0.25, 0.3) is 11.5 Å². The summed E-state index contributed by atoms with van der Waals surface area (Å²) in [6.45, 7) is 1.35. The van der Waals surface area contributed by atoms with Crippen LogP contribution in [0.4, 0.5) is 0 Å². The lowest BCUT2D eigenvalue weighted by molar-refractivity contribution is 0.0950. The number of hydrogen-bond acceptors (Lipinski definition) is 4. The van der Waals surface area contributed by atoms with Crippen LogP contribution in [0.5, 0.6) is 0 Å². The van der Waals surface area contributed by atoms with Crippen LogP contribution in [0, 0.1) is 0 Å². The molecule has 0 aliphatic rings. The first-order valence-corrected chi connectivity index (χ1v) is 9.64. The van der Waals surface area contributed by atoms with Crippen molar-refractivity contribution in [2.24, 2.45) is 7.05 Å². The molecule has 1 aromatic heterocycles. The number of nitrogens with zero attached hydrogens (tertiary/aromatic N) is 3. The first kappa shape index (κ1) is 20.5. The van der Waals surface area contributed by atoms with Crippen molar-refractivity contribution in [3.05, 3.63) is 76.6 Å². The highest BCUT2D eigenvalue weighted by atomic mass is 16.2. The Morgan fingerprint density at radius 2 is 1.59 bits per heavy atom. The first-order chi connectivity index (χ1) is 14.0. The van der Waals surface area contributed by atoms with E-state index in [-0.39, 0.29) is 11.5 Å². The number of carbonyl (C=O) groups is 1. The Bertz CT molecular complexity index is 1030. The molecule has 0 aliphatic carbocycles. The third kappa shape index (κ3) is 4.78. The van der Waals surface area contributed by atoms with E-state index in [4.69, 9.17) is 0 Å². The van der Waals surface area contributed by atoms with Crippen LogP contribution in [0.15, 0.2) is 65.5 Å². The molecule has 6 nitrogen and oxygen atoms in total. The Hall–Kier alpha value is -3.25. The van der Waals surface area contributed by atoms with Crippen molar-refractivity contribution >= 4 is 5.91 Å². The summed E-state index contributed by atoms with van der Waals surface area (Å²) in [4.78, 5) is 28.1. The lowest BCUT2D eigenvalue weighted by atomic mass is 9.95. The minimum Gasteiger partial charge on any atom is -0.352 e. The maximum absolute atomic E-state index is 13.1. The van der Waals surface area contributed by atoms with E-state index >= 15 is 0 Å². The number of carbonyl (C=O) groups excluding carboxylic acids is 1. The number of hydrogen-bond donors (Lipinski definition) is 1. The van der Waals surface area contributed by atoms with Gasteiger partial charge >= 0.3 is 0 Å². The van der Waals surface area contributed by atoms with Gasteiger partial charge in [-0.05, 0) is 32.6 Å². The number of nitrogens with one attached hydrogen (secondary N) is 1. The molecule has 3 aromatic rings. The molecule has 1 N–H and O–H groups in total. The van der Waals surface area contributed by atoms with Crippen molar-refractivity contribution in [1.82, 2.24) is 20.0 Å². The smallest absolute Gasteiger partial charge is 0.280 e. The maximum atomic E-state index is 13.1. The molecule has 29 heavy (non-hydrogen) atoms. The van der Waals surface area contributed by atoms with Crippen LogP contribution in [0.25, 0.3) is 22.4 Å². The zero-order chi connectivity index (χ0) is 20.8. The van der Waals surface area contributed by atoms with Gasteiger partial charge in [-0.25, -0.2) is 4.68 Å². The van der Waals surface area contributed by atoms with E-state index in [1.165, 1.54) is 4.68 Å². The van der Waals surface area contributed by atoms with Crippen molar-refractivity contribution in [3.63, 3.8) is 0 Å². The van der Waals surface area contributed by atoms with E-state index in [0.29, 0.717) is 17.8 Å². The molecule has 0 saturated heterocycles. The Labute approximate surface area is 170 Å². The second-order valence-corrected chi connectivity index (χ2v) is 7.17. The second kappa shape index (κ2) is 9.30. The van der Waals surface area contributed by atoms with Crippen molar-refractivity contribution in [3.8, 4) is 22.4 Å². The largest absolute Gasteiger partial charge is 0.352 e. The second-order valence-electron chi connectivity index (χ2n) is 7.17. The summed E-state index contributed by atoms with van der Waals surface area (Å²) in [5.74, 6) is -0.372. The molecule has 0 saturated carbocycles. The Morgan fingerprint density at radius 1 is 1.00 bits per heavy atom.